The highest BCUT2D eigenvalue weighted by atomic mass is 35.5. The fourth-order valence-corrected chi connectivity index (χ4v) is 5.16. The molecule has 1 atom stereocenters. The second kappa shape index (κ2) is 10.5. The van der Waals surface area contributed by atoms with Crippen LogP contribution in [0.5, 0.6) is 0 Å². The predicted molar refractivity (Wildman–Crippen MR) is 144 cm³/mol. The number of halogens is 2. The molecular formula is C24H32Cl2N8O2. The van der Waals surface area contributed by atoms with Crippen LogP contribution in [-0.2, 0) is 23.8 Å². The van der Waals surface area contributed by atoms with E-state index < -0.39 is 5.60 Å². The first-order valence-electron chi connectivity index (χ1n) is 12.1. The van der Waals surface area contributed by atoms with Gasteiger partial charge in [-0.2, -0.15) is 9.97 Å². The van der Waals surface area contributed by atoms with Gasteiger partial charge in [0.25, 0.3) is 0 Å². The number of aliphatic hydroxyl groups is 1. The monoisotopic (exact) mass is 534 g/mol. The number of aryl methyl sites for hydroxylation is 2. The number of fused-ring (bicyclic) bond motifs is 2. The molecule has 12 heteroatoms. The number of hydrogen-bond donors (Lipinski definition) is 2. The molecule has 10 nitrogen and oxygen atoms in total. The topological polar surface area (TPSA) is 106 Å². The molecule has 2 saturated heterocycles. The zero-order chi connectivity index (χ0) is 23.3. The molecule has 2 N–H and O–H groups in total. The van der Waals surface area contributed by atoms with Crippen LogP contribution in [-0.4, -0.2) is 73.6 Å². The van der Waals surface area contributed by atoms with Gasteiger partial charge in [0, 0.05) is 33.1 Å². The zero-order valence-corrected chi connectivity index (χ0v) is 22.1. The standard InChI is InChI=1S/C24H30N8O2.2ClH/c1-3-18-26-16-7-4-5-8-17(16)32(18)23-28-20-19(21(29-23)31-11-13-34-14-12-31)27-22(30(20)2)24(33)9-6-10-25-15-24;;/h4-5,7-8,25,33H,3,6,9-15H2,1-2H3;2*1H. The lowest BCUT2D eigenvalue weighted by atomic mass is 9.93. The van der Waals surface area contributed by atoms with E-state index in [0.29, 0.717) is 49.1 Å². The summed E-state index contributed by atoms with van der Waals surface area (Å²) in [6.45, 7) is 6.22. The Labute approximate surface area is 221 Å². The predicted octanol–water partition coefficient (Wildman–Crippen LogP) is 2.52. The molecule has 0 radical (unpaired) electrons. The molecule has 0 saturated carbocycles. The number of β-amino-alcohol motifs (C(OH)–C–C–N with tert-alkyl or cyclic N) is 1. The Balaban J connectivity index is 0.00000152. The van der Waals surface area contributed by atoms with E-state index in [1.807, 2.05) is 34.4 Å². The summed E-state index contributed by atoms with van der Waals surface area (Å²) in [6, 6.07) is 8.07. The SMILES string of the molecule is CCc1nc2ccccc2n1-c1nc(N2CCOCC2)c2nc(C3(O)CCCNC3)n(C)c2n1.Cl.Cl. The van der Waals surface area contributed by atoms with E-state index in [2.05, 4.69) is 23.2 Å². The van der Waals surface area contributed by atoms with E-state index in [4.69, 9.17) is 24.7 Å². The number of nitrogens with one attached hydrogen (secondary N) is 1. The van der Waals surface area contributed by atoms with Gasteiger partial charge in [0.15, 0.2) is 17.0 Å². The molecule has 3 aromatic heterocycles. The van der Waals surface area contributed by atoms with Crippen molar-refractivity contribution in [2.24, 2.45) is 7.05 Å². The van der Waals surface area contributed by atoms with E-state index in [1.54, 1.807) is 0 Å². The van der Waals surface area contributed by atoms with Crippen molar-refractivity contribution in [2.75, 3.05) is 44.3 Å². The minimum absolute atomic E-state index is 0. The second-order valence-electron chi connectivity index (χ2n) is 9.13. The van der Waals surface area contributed by atoms with Gasteiger partial charge in [-0.05, 0) is 31.5 Å². The Hall–Kier alpha value is -2.50. The summed E-state index contributed by atoms with van der Waals surface area (Å²) in [6.07, 6.45) is 2.31. The number of nitrogens with zero attached hydrogens (tertiary/aromatic N) is 7. The molecule has 0 spiro atoms. The Bertz CT molecular complexity index is 1360. The summed E-state index contributed by atoms with van der Waals surface area (Å²) in [5.74, 6) is 2.88. The van der Waals surface area contributed by atoms with Gasteiger partial charge >= 0.3 is 0 Å². The molecule has 2 aliphatic rings. The average molecular weight is 535 g/mol. The van der Waals surface area contributed by atoms with Crippen molar-refractivity contribution >= 4 is 52.8 Å². The number of hydrogen-bond acceptors (Lipinski definition) is 8. The number of para-hydroxylation sites is 2. The summed E-state index contributed by atoms with van der Waals surface area (Å²) in [4.78, 5) is 22.0. The van der Waals surface area contributed by atoms with Gasteiger partial charge in [-0.15, -0.1) is 24.8 Å². The summed E-state index contributed by atoms with van der Waals surface area (Å²) < 4.78 is 9.57. The molecule has 0 aliphatic carbocycles. The van der Waals surface area contributed by atoms with Gasteiger partial charge in [-0.3, -0.25) is 4.57 Å². The van der Waals surface area contributed by atoms with Crippen molar-refractivity contribution in [3.05, 3.63) is 35.9 Å². The van der Waals surface area contributed by atoms with E-state index in [-0.39, 0.29) is 24.8 Å². The van der Waals surface area contributed by atoms with Crippen LogP contribution in [0.4, 0.5) is 5.82 Å². The fraction of sp³-hybridized carbons (Fsp3) is 0.500. The maximum absolute atomic E-state index is 11.5. The smallest absolute Gasteiger partial charge is 0.239 e. The number of ether oxygens (including phenoxy) is 1. The lowest BCUT2D eigenvalue weighted by molar-refractivity contribution is 0.00190. The number of anilines is 1. The minimum atomic E-state index is -1.04. The number of imidazole rings is 2. The molecule has 0 bridgehead atoms. The first-order valence-corrected chi connectivity index (χ1v) is 12.1. The lowest BCUT2D eigenvalue weighted by Crippen LogP contribution is -2.44. The van der Waals surface area contributed by atoms with Crippen LogP contribution in [0.1, 0.15) is 31.4 Å². The number of rotatable bonds is 4. The molecule has 4 aromatic rings. The van der Waals surface area contributed by atoms with Gasteiger partial charge < -0.3 is 24.6 Å². The molecule has 2 fully saturated rings. The van der Waals surface area contributed by atoms with E-state index in [1.165, 1.54) is 0 Å². The maximum Gasteiger partial charge on any atom is 0.239 e. The third-order valence-electron chi connectivity index (χ3n) is 6.92. The first kappa shape index (κ1) is 26.6. The minimum Gasteiger partial charge on any atom is -0.381 e. The molecule has 6 rings (SSSR count). The molecule has 194 valence electrons. The lowest BCUT2D eigenvalue weighted by Gasteiger charge is -2.31. The van der Waals surface area contributed by atoms with Crippen LogP contribution in [0.15, 0.2) is 24.3 Å². The van der Waals surface area contributed by atoms with Gasteiger partial charge in [-0.1, -0.05) is 19.1 Å². The normalized spacial score (nSPS) is 20.4. The van der Waals surface area contributed by atoms with Crippen molar-refractivity contribution in [3.8, 4) is 5.95 Å². The van der Waals surface area contributed by atoms with Crippen molar-refractivity contribution in [1.82, 2.24) is 34.4 Å². The molecular weight excluding hydrogens is 503 g/mol. The molecule has 0 amide bonds. The van der Waals surface area contributed by atoms with E-state index in [0.717, 1.165) is 55.2 Å². The van der Waals surface area contributed by atoms with Crippen LogP contribution in [0.3, 0.4) is 0 Å². The summed E-state index contributed by atoms with van der Waals surface area (Å²) in [5.41, 5.74) is 2.28. The quantitative estimate of drug-likeness (QED) is 0.411. The van der Waals surface area contributed by atoms with Crippen molar-refractivity contribution in [2.45, 2.75) is 31.8 Å². The molecule has 5 heterocycles. The van der Waals surface area contributed by atoms with Crippen molar-refractivity contribution in [1.29, 1.82) is 0 Å². The zero-order valence-electron chi connectivity index (χ0n) is 20.5. The van der Waals surface area contributed by atoms with Gasteiger partial charge in [-0.25, -0.2) is 9.97 Å². The van der Waals surface area contributed by atoms with Gasteiger partial charge in [0.05, 0.1) is 24.2 Å². The highest BCUT2D eigenvalue weighted by Crippen LogP contribution is 2.33. The highest BCUT2D eigenvalue weighted by molar-refractivity contribution is 5.86. The van der Waals surface area contributed by atoms with Gasteiger partial charge in [0.2, 0.25) is 5.95 Å². The Morgan fingerprint density at radius 1 is 1.08 bits per heavy atom. The number of piperidine rings is 1. The van der Waals surface area contributed by atoms with Crippen LogP contribution in [0.25, 0.3) is 28.1 Å². The van der Waals surface area contributed by atoms with Crippen molar-refractivity contribution in [3.63, 3.8) is 0 Å². The van der Waals surface area contributed by atoms with Crippen LogP contribution in [0.2, 0.25) is 0 Å². The first-order chi connectivity index (χ1) is 16.6. The molecule has 1 unspecified atom stereocenters. The van der Waals surface area contributed by atoms with Crippen LogP contribution in [0, 0.1) is 0 Å². The van der Waals surface area contributed by atoms with Crippen molar-refractivity contribution < 1.29 is 9.84 Å². The molecule has 2 aliphatic heterocycles. The summed E-state index contributed by atoms with van der Waals surface area (Å²) >= 11 is 0. The molecule has 36 heavy (non-hydrogen) atoms. The average Bonchev–Trinajstić information content (AvgIpc) is 3.42. The Morgan fingerprint density at radius 2 is 1.86 bits per heavy atom. The molecule has 1 aromatic carbocycles. The highest BCUT2D eigenvalue weighted by Gasteiger charge is 2.37. The number of aromatic nitrogens is 6. The summed E-state index contributed by atoms with van der Waals surface area (Å²) in [5, 5.41) is 14.8. The maximum atomic E-state index is 11.5. The van der Waals surface area contributed by atoms with Gasteiger partial charge in [0.1, 0.15) is 17.2 Å². The number of morpholine rings is 1. The Kier molecular flexibility index (Phi) is 7.72. The number of benzene rings is 1. The third kappa shape index (κ3) is 4.31. The van der Waals surface area contributed by atoms with Crippen LogP contribution < -0.4 is 10.2 Å². The second-order valence-corrected chi connectivity index (χ2v) is 9.13. The largest absolute Gasteiger partial charge is 0.381 e. The fourth-order valence-electron chi connectivity index (χ4n) is 5.16. The van der Waals surface area contributed by atoms with E-state index in [9.17, 15) is 5.11 Å². The summed E-state index contributed by atoms with van der Waals surface area (Å²) in [7, 11) is 1.93. The Morgan fingerprint density at radius 3 is 2.58 bits per heavy atom. The third-order valence-corrected chi connectivity index (χ3v) is 6.92. The van der Waals surface area contributed by atoms with Crippen LogP contribution >= 0.6 is 24.8 Å². The van der Waals surface area contributed by atoms with E-state index >= 15 is 0 Å².